The van der Waals surface area contributed by atoms with Gasteiger partial charge >= 0.3 is 0 Å². The van der Waals surface area contributed by atoms with Crippen molar-refractivity contribution in [2.45, 2.75) is 13.5 Å². The van der Waals surface area contributed by atoms with Gasteiger partial charge in [-0.15, -0.1) is 0 Å². The first-order valence-electron chi connectivity index (χ1n) is 9.22. The molecule has 0 saturated carbocycles. The number of nitrogens with one attached hydrogen (secondary N) is 2. The highest BCUT2D eigenvalue weighted by molar-refractivity contribution is 6.31. The van der Waals surface area contributed by atoms with Crippen molar-refractivity contribution in [2.24, 2.45) is 7.05 Å². The number of pyridine rings is 1. The van der Waals surface area contributed by atoms with Crippen LogP contribution < -0.4 is 10.6 Å². The minimum atomic E-state index is -0.501. The van der Waals surface area contributed by atoms with Crippen LogP contribution in [0.5, 0.6) is 0 Å². The molecule has 0 aliphatic rings. The molecule has 30 heavy (non-hydrogen) atoms. The second-order valence-corrected chi connectivity index (χ2v) is 7.29. The van der Waals surface area contributed by atoms with Crippen LogP contribution in [0.2, 0.25) is 5.02 Å². The summed E-state index contributed by atoms with van der Waals surface area (Å²) in [6.07, 6.45) is 3.30. The van der Waals surface area contributed by atoms with Crippen LogP contribution in [-0.4, -0.2) is 14.5 Å². The molecular weight excluding hydrogens is 403 g/mol. The fourth-order valence-electron chi connectivity index (χ4n) is 3.14. The molecule has 4 aromatic rings. The number of aryl methyl sites for hydroxylation is 1. The lowest BCUT2D eigenvalue weighted by molar-refractivity contribution is 0.628. The number of rotatable bonds is 5. The summed E-state index contributed by atoms with van der Waals surface area (Å²) in [6.45, 7) is 2.59. The molecule has 0 aliphatic carbocycles. The fourth-order valence-corrected chi connectivity index (χ4v) is 3.32. The molecule has 0 radical (unpaired) electrons. The molecule has 0 spiro atoms. The predicted molar refractivity (Wildman–Crippen MR) is 116 cm³/mol. The van der Waals surface area contributed by atoms with Crippen LogP contribution in [0.25, 0.3) is 10.9 Å². The zero-order valence-corrected chi connectivity index (χ0v) is 17.1. The van der Waals surface area contributed by atoms with E-state index in [2.05, 4.69) is 26.7 Å². The first kappa shape index (κ1) is 19.7. The van der Waals surface area contributed by atoms with Crippen molar-refractivity contribution < 1.29 is 4.39 Å². The summed E-state index contributed by atoms with van der Waals surface area (Å²) in [7, 11) is 1.95. The molecule has 2 heterocycles. The van der Waals surface area contributed by atoms with Crippen LogP contribution >= 0.6 is 11.6 Å². The molecule has 8 heteroatoms. The first-order chi connectivity index (χ1) is 14.5. The van der Waals surface area contributed by atoms with E-state index < -0.39 is 5.82 Å². The number of imidazole rings is 1. The van der Waals surface area contributed by atoms with Gasteiger partial charge in [0.05, 0.1) is 40.4 Å². The average Bonchev–Trinajstić information content (AvgIpc) is 3.07. The number of hydrogen-bond acceptors (Lipinski definition) is 5. The van der Waals surface area contributed by atoms with Gasteiger partial charge in [0.25, 0.3) is 0 Å². The minimum Gasteiger partial charge on any atom is -0.379 e. The SMILES string of the molecule is Cc1c(CNc2ccc3ncc(C#N)c(Nc4ccc(F)c(Cl)c4)c3c2)ncn1C. The number of halogens is 2. The lowest BCUT2D eigenvalue weighted by atomic mass is 10.1. The maximum absolute atomic E-state index is 13.5. The Bertz CT molecular complexity index is 1290. The summed E-state index contributed by atoms with van der Waals surface area (Å²) in [5.74, 6) is -0.501. The molecule has 0 bridgehead atoms. The molecule has 0 aliphatic heterocycles. The zero-order chi connectivity index (χ0) is 21.3. The number of nitrogens with zero attached hydrogens (tertiary/aromatic N) is 4. The van der Waals surface area contributed by atoms with Crippen molar-refractivity contribution >= 4 is 39.6 Å². The quantitative estimate of drug-likeness (QED) is 0.458. The van der Waals surface area contributed by atoms with E-state index in [4.69, 9.17) is 11.6 Å². The van der Waals surface area contributed by atoms with Crippen molar-refractivity contribution in [1.82, 2.24) is 14.5 Å². The van der Waals surface area contributed by atoms with Gasteiger partial charge in [-0.05, 0) is 43.3 Å². The van der Waals surface area contributed by atoms with E-state index in [9.17, 15) is 9.65 Å². The summed E-state index contributed by atoms with van der Waals surface area (Å²) in [5, 5.41) is 16.9. The maximum atomic E-state index is 13.5. The van der Waals surface area contributed by atoms with Crippen molar-refractivity contribution in [3.05, 3.63) is 76.7 Å². The van der Waals surface area contributed by atoms with Gasteiger partial charge in [-0.3, -0.25) is 4.98 Å². The fraction of sp³-hybridized carbons (Fsp3) is 0.136. The van der Waals surface area contributed by atoms with Crippen LogP contribution in [0.1, 0.15) is 17.0 Å². The number of hydrogen-bond donors (Lipinski definition) is 2. The Morgan fingerprint density at radius 1 is 1.17 bits per heavy atom. The average molecular weight is 421 g/mol. The van der Waals surface area contributed by atoms with E-state index in [-0.39, 0.29) is 5.02 Å². The highest BCUT2D eigenvalue weighted by atomic mass is 35.5. The monoisotopic (exact) mass is 420 g/mol. The lowest BCUT2D eigenvalue weighted by Gasteiger charge is -2.13. The van der Waals surface area contributed by atoms with Gasteiger partial charge in [-0.25, -0.2) is 9.37 Å². The predicted octanol–water partition coefficient (Wildman–Crippen LogP) is 5.30. The summed E-state index contributed by atoms with van der Waals surface area (Å²) in [4.78, 5) is 8.77. The molecule has 0 saturated heterocycles. The van der Waals surface area contributed by atoms with E-state index in [1.165, 1.54) is 18.3 Å². The van der Waals surface area contributed by atoms with Crippen LogP contribution in [0.15, 0.2) is 48.9 Å². The minimum absolute atomic E-state index is 0.00459. The second-order valence-electron chi connectivity index (χ2n) is 6.89. The van der Waals surface area contributed by atoms with E-state index in [0.717, 1.165) is 28.0 Å². The van der Waals surface area contributed by atoms with Crippen LogP contribution in [0.4, 0.5) is 21.5 Å². The van der Waals surface area contributed by atoms with Crippen molar-refractivity contribution in [1.29, 1.82) is 5.26 Å². The van der Waals surface area contributed by atoms with Gasteiger partial charge in [-0.2, -0.15) is 5.26 Å². The summed E-state index contributed by atoms with van der Waals surface area (Å²) in [5.41, 5.74) is 5.18. The largest absolute Gasteiger partial charge is 0.379 e. The molecule has 2 N–H and O–H groups in total. The number of fused-ring (bicyclic) bond motifs is 1. The number of aromatic nitrogens is 3. The van der Waals surface area contributed by atoms with E-state index in [0.29, 0.717) is 23.5 Å². The third-order valence-electron chi connectivity index (χ3n) is 4.97. The van der Waals surface area contributed by atoms with Crippen LogP contribution in [0, 0.1) is 24.1 Å². The molecule has 0 fully saturated rings. The van der Waals surface area contributed by atoms with Crippen LogP contribution in [0.3, 0.4) is 0 Å². The molecule has 6 nitrogen and oxygen atoms in total. The zero-order valence-electron chi connectivity index (χ0n) is 16.4. The molecule has 0 atom stereocenters. The Hall–Kier alpha value is -3.63. The van der Waals surface area contributed by atoms with Crippen molar-refractivity contribution in [2.75, 3.05) is 10.6 Å². The topological polar surface area (TPSA) is 78.6 Å². The molecule has 0 amide bonds. The first-order valence-corrected chi connectivity index (χ1v) is 9.59. The third kappa shape index (κ3) is 3.78. The van der Waals surface area contributed by atoms with Gasteiger partial charge in [0.1, 0.15) is 11.9 Å². The lowest BCUT2D eigenvalue weighted by Crippen LogP contribution is -2.03. The Morgan fingerprint density at radius 2 is 1.97 bits per heavy atom. The maximum Gasteiger partial charge on any atom is 0.141 e. The summed E-state index contributed by atoms with van der Waals surface area (Å²) < 4.78 is 15.5. The Morgan fingerprint density at radius 3 is 2.67 bits per heavy atom. The smallest absolute Gasteiger partial charge is 0.141 e. The number of benzene rings is 2. The molecule has 0 unspecified atom stereocenters. The Labute approximate surface area is 178 Å². The van der Waals surface area contributed by atoms with Crippen molar-refractivity contribution in [3.8, 4) is 6.07 Å². The van der Waals surface area contributed by atoms with Gasteiger partial charge in [0.15, 0.2) is 0 Å². The van der Waals surface area contributed by atoms with E-state index in [1.54, 1.807) is 12.4 Å². The molecular formula is C22H18ClFN6. The second kappa shape index (κ2) is 8.01. The van der Waals surface area contributed by atoms with Crippen molar-refractivity contribution in [3.63, 3.8) is 0 Å². The third-order valence-corrected chi connectivity index (χ3v) is 5.26. The van der Waals surface area contributed by atoms with E-state index >= 15 is 0 Å². The van der Waals surface area contributed by atoms with Gasteiger partial charge < -0.3 is 15.2 Å². The highest BCUT2D eigenvalue weighted by Crippen LogP contribution is 2.32. The van der Waals surface area contributed by atoms with Gasteiger partial charge in [0.2, 0.25) is 0 Å². The molecule has 2 aromatic carbocycles. The molecule has 2 aromatic heterocycles. The summed E-state index contributed by atoms with van der Waals surface area (Å²) >= 11 is 5.90. The summed E-state index contributed by atoms with van der Waals surface area (Å²) in [6, 6.07) is 12.2. The normalized spacial score (nSPS) is 10.8. The molecule has 4 rings (SSSR count). The van der Waals surface area contributed by atoms with E-state index in [1.807, 2.05) is 36.7 Å². The van der Waals surface area contributed by atoms with Crippen LogP contribution in [-0.2, 0) is 13.6 Å². The standard InChI is InChI=1S/C22H18ClFN6/c1-13-21(28-12-30(13)2)11-26-15-4-6-20-17(7-15)22(14(9-25)10-27-20)29-16-3-5-19(24)18(23)8-16/h3-8,10,12,26H,11H2,1-2H3,(H,27,29). The highest BCUT2D eigenvalue weighted by Gasteiger charge is 2.12. The Kier molecular flexibility index (Phi) is 5.25. The number of anilines is 3. The van der Waals surface area contributed by atoms with Gasteiger partial charge in [0, 0.05) is 35.7 Å². The number of nitriles is 1. The Balaban J connectivity index is 1.70. The van der Waals surface area contributed by atoms with Gasteiger partial charge in [-0.1, -0.05) is 11.6 Å². The molecule has 150 valence electrons.